The second-order valence-electron chi connectivity index (χ2n) is 15.1. The number of benzene rings is 3. The summed E-state index contributed by atoms with van der Waals surface area (Å²) < 4.78 is 0. The van der Waals surface area contributed by atoms with Gasteiger partial charge in [-0.15, -0.1) is 28.8 Å². The minimum Gasteiger partial charge on any atom is -0.512 e. The monoisotopic (exact) mass is 852 g/mol. The first-order valence-electron chi connectivity index (χ1n) is 17.5. The molecule has 4 rings (SSSR count). The summed E-state index contributed by atoms with van der Waals surface area (Å²) in [5, 5.41) is 23.3. The molecule has 0 aliphatic carbocycles. The van der Waals surface area contributed by atoms with Gasteiger partial charge >= 0.3 is 0 Å². The van der Waals surface area contributed by atoms with E-state index >= 15 is 0 Å². The van der Waals surface area contributed by atoms with E-state index in [9.17, 15) is 15.2 Å². The summed E-state index contributed by atoms with van der Waals surface area (Å²) in [7, 11) is -1.58. The molecule has 0 spiro atoms. The van der Waals surface area contributed by atoms with Crippen LogP contribution in [0.4, 0.5) is 0 Å². The predicted molar refractivity (Wildman–Crippen MR) is 206 cm³/mol. The third kappa shape index (κ3) is 11.6. The van der Waals surface area contributed by atoms with Crippen LogP contribution in [-0.2, 0) is 31.3 Å². The van der Waals surface area contributed by atoms with E-state index in [1.54, 1.807) is 6.20 Å². The number of hydrogen-bond acceptors (Lipinski definition) is 4. The second kappa shape index (κ2) is 18.6. The maximum atomic E-state index is 11.7. The Morgan fingerprint density at radius 3 is 2.06 bits per heavy atom. The van der Waals surface area contributed by atoms with Gasteiger partial charge in [0.25, 0.3) is 0 Å². The Balaban J connectivity index is 0.000000444. The Labute approximate surface area is 310 Å². The molecule has 3 aromatic carbocycles. The fraction of sp³-hybridized carbons (Fsp3) is 0.419. The van der Waals surface area contributed by atoms with Crippen molar-refractivity contribution in [1.29, 1.82) is 5.26 Å². The average molecular weight is 852 g/mol. The molecule has 6 heteroatoms. The molecule has 0 amide bonds. The van der Waals surface area contributed by atoms with Crippen molar-refractivity contribution in [2.24, 2.45) is 17.3 Å². The summed E-state index contributed by atoms with van der Waals surface area (Å²) in [6.45, 7) is 21.9. The van der Waals surface area contributed by atoms with E-state index in [2.05, 4.69) is 112 Å². The minimum absolute atomic E-state index is 0. The number of rotatable bonds is 11. The molecule has 263 valence electrons. The quantitative estimate of drug-likeness (QED) is 0.0706. The number of nitriles is 1. The summed E-state index contributed by atoms with van der Waals surface area (Å²) in [6.07, 6.45) is 7.62. The molecule has 0 saturated carbocycles. The average Bonchev–Trinajstić information content (AvgIpc) is 3.04. The Morgan fingerprint density at radius 1 is 0.939 bits per heavy atom. The Bertz CT molecular complexity index is 1750. The molecule has 1 heterocycles. The molecule has 1 radical (unpaired) electrons. The molecule has 0 saturated heterocycles. The van der Waals surface area contributed by atoms with Crippen molar-refractivity contribution in [1.82, 2.24) is 4.98 Å². The van der Waals surface area contributed by atoms with Crippen molar-refractivity contribution < 1.29 is 30.0 Å². The molecule has 1 aromatic heterocycles. The van der Waals surface area contributed by atoms with Gasteiger partial charge in [-0.3, -0.25) is 9.78 Å². The maximum Gasteiger partial charge on any atom is 0.162 e. The Morgan fingerprint density at radius 2 is 1.53 bits per heavy atom. The number of fused-ring (bicyclic) bond motifs is 1. The van der Waals surface area contributed by atoms with E-state index in [1.807, 2.05) is 33.8 Å². The first kappa shape index (κ1) is 41.8. The fourth-order valence-corrected chi connectivity index (χ4v) is 7.72. The predicted octanol–water partition coefficient (Wildman–Crippen LogP) is 11.2. The van der Waals surface area contributed by atoms with Crippen molar-refractivity contribution in [3.63, 3.8) is 0 Å². The molecular weight excluding hydrogens is 797 g/mol. The summed E-state index contributed by atoms with van der Waals surface area (Å²) >= 11 is 0. The van der Waals surface area contributed by atoms with Crippen LogP contribution in [0.5, 0.6) is 0 Å². The van der Waals surface area contributed by atoms with Gasteiger partial charge in [-0.05, 0) is 54.2 Å². The molecule has 0 bridgehead atoms. The van der Waals surface area contributed by atoms with Gasteiger partial charge in [-0.1, -0.05) is 128 Å². The molecule has 49 heavy (non-hydrogen) atoms. The summed E-state index contributed by atoms with van der Waals surface area (Å²) in [5.74, 6) is 0.547. The van der Waals surface area contributed by atoms with Crippen LogP contribution >= 0.6 is 0 Å². The summed E-state index contributed by atoms with van der Waals surface area (Å²) in [6, 6.07) is 27.3. The van der Waals surface area contributed by atoms with Gasteiger partial charge in [0.1, 0.15) is 6.07 Å². The molecule has 4 aromatic rings. The largest absolute Gasteiger partial charge is 0.512 e. The van der Waals surface area contributed by atoms with Crippen LogP contribution in [0.25, 0.3) is 33.2 Å². The first-order valence-corrected chi connectivity index (χ1v) is 21.0. The SMILES string of the molecule is CC(C)(C)Cc1ccc(-c2cc(-c3[c-]c4ccccc4c([Si](C)(C)C)c3)ncc2C#N)cc1.CCC(CC)C(=O)/C=C(\O)C(CC)CC.[Ir]. The third-order valence-corrected chi connectivity index (χ3v) is 11.0. The Hall–Kier alpha value is -3.36. The third-order valence-electron chi connectivity index (χ3n) is 8.97. The van der Waals surface area contributed by atoms with Crippen LogP contribution in [0, 0.1) is 34.6 Å². The smallest absolute Gasteiger partial charge is 0.162 e. The number of aliphatic hydroxyl groups excluding tert-OH is 1. The molecule has 0 atom stereocenters. The van der Waals surface area contributed by atoms with Gasteiger partial charge < -0.3 is 5.11 Å². The van der Waals surface area contributed by atoms with E-state index in [0.717, 1.165) is 59.9 Å². The number of ketones is 1. The molecule has 4 nitrogen and oxygen atoms in total. The first-order chi connectivity index (χ1) is 22.6. The summed E-state index contributed by atoms with van der Waals surface area (Å²) in [5.41, 5.74) is 5.94. The Kier molecular flexibility index (Phi) is 15.9. The van der Waals surface area contributed by atoms with Crippen LogP contribution in [-0.4, -0.2) is 23.9 Å². The van der Waals surface area contributed by atoms with Crippen LogP contribution < -0.4 is 5.19 Å². The zero-order chi connectivity index (χ0) is 35.6. The van der Waals surface area contributed by atoms with Crippen molar-refractivity contribution in [2.75, 3.05) is 0 Å². The van der Waals surface area contributed by atoms with Crippen LogP contribution in [0.3, 0.4) is 0 Å². The topological polar surface area (TPSA) is 74.0 Å². The standard InChI is InChI=1S/C30H31N2Si.C13H24O2.Ir/c1-30(2,3)18-21-11-13-22(14-12-21)27-17-28(32-20-25(27)19-31)24-15-23-9-7-8-10-26(23)29(16-24)33(4,5)6;1-5-10(6-2)12(14)9-13(15)11(7-3)8-4;/h7-14,16-17,20H,18H2,1-6H3;9-11,14H,5-8H2,1-4H3;/q-1;;/b;12-9-;. The number of allylic oxidation sites excluding steroid dienone is 2. The van der Waals surface area contributed by atoms with Gasteiger partial charge in [0.05, 0.1) is 19.4 Å². The van der Waals surface area contributed by atoms with E-state index < -0.39 is 8.07 Å². The maximum absolute atomic E-state index is 11.7. The number of aromatic nitrogens is 1. The van der Waals surface area contributed by atoms with Crippen LogP contribution in [0.2, 0.25) is 19.6 Å². The van der Waals surface area contributed by atoms with Crippen molar-refractivity contribution in [2.45, 2.75) is 100 Å². The van der Waals surface area contributed by atoms with Crippen molar-refractivity contribution >= 4 is 29.8 Å². The van der Waals surface area contributed by atoms with Crippen molar-refractivity contribution in [3.05, 3.63) is 95.9 Å². The zero-order valence-corrected chi connectivity index (χ0v) is 34.6. The van der Waals surface area contributed by atoms with E-state index in [-0.39, 0.29) is 48.9 Å². The van der Waals surface area contributed by atoms with Gasteiger partial charge in [-0.2, -0.15) is 5.26 Å². The molecule has 0 aliphatic heterocycles. The minimum atomic E-state index is -1.58. The number of nitrogens with zero attached hydrogens (tertiary/aromatic N) is 2. The number of hydrogen-bond donors (Lipinski definition) is 1. The number of aliphatic hydroxyl groups is 1. The van der Waals surface area contributed by atoms with Gasteiger partial charge in [0.15, 0.2) is 5.78 Å². The molecular formula is C43H55IrN2O2Si-. The van der Waals surface area contributed by atoms with Crippen LogP contribution in [0.15, 0.2) is 78.7 Å². The van der Waals surface area contributed by atoms with Gasteiger partial charge in [-0.25, -0.2) is 0 Å². The molecule has 0 fully saturated rings. The van der Waals surface area contributed by atoms with Crippen molar-refractivity contribution in [3.8, 4) is 28.5 Å². The van der Waals surface area contributed by atoms with Gasteiger partial charge in [0, 0.05) is 49.9 Å². The zero-order valence-electron chi connectivity index (χ0n) is 31.2. The normalized spacial score (nSPS) is 11.9. The van der Waals surface area contributed by atoms with E-state index in [4.69, 9.17) is 0 Å². The number of pyridine rings is 1. The number of carbonyl (C=O) groups is 1. The second-order valence-corrected chi connectivity index (χ2v) is 20.1. The van der Waals surface area contributed by atoms with Crippen LogP contribution in [0.1, 0.15) is 85.3 Å². The van der Waals surface area contributed by atoms with E-state index in [1.165, 1.54) is 22.2 Å². The molecule has 0 aliphatic rings. The van der Waals surface area contributed by atoms with Gasteiger partial charge in [0.2, 0.25) is 0 Å². The number of carbonyl (C=O) groups excluding carboxylic acids is 1. The van der Waals surface area contributed by atoms with E-state index in [0.29, 0.717) is 5.56 Å². The summed E-state index contributed by atoms with van der Waals surface area (Å²) in [4.78, 5) is 16.4. The fourth-order valence-electron chi connectivity index (χ4n) is 6.11. The molecule has 0 unspecified atom stereocenters. The molecule has 1 N–H and O–H groups in total.